The fourth-order valence-electron chi connectivity index (χ4n) is 1.92. The summed E-state index contributed by atoms with van der Waals surface area (Å²) in [6.07, 6.45) is 5.43. The third kappa shape index (κ3) is 1.99. The first-order chi connectivity index (χ1) is 9.90. The van der Waals surface area contributed by atoms with E-state index in [9.17, 15) is 0 Å². The molecule has 0 fully saturated rings. The summed E-state index contributed by atoms with van der Waals surface area (Å²) in [6.45, 7) is 0. The SMILES string of the molecule is c1cncc(-c2nnc(-c3cc4ccsc4cn3)s2)c1. The molecular weight excluding hydrogens is 288 g/mol. The summed E-state index contributed by atoms with van der Waals surface area (Å²) in [5.74, 6) is 0. The van der Waals surface area contributed by atoms with Crippen molar-refractivity contribution in [3.63, 3.8) is 0 Å². The highest BCUT2D eigenvalue weighted by atomic mass is 32.1. The molecule has 0 bridgehead atoms. The maximum atomic E-state index is 4.46. The number of aromatic nitrogens is 4. The lowest BCUT2D eigenvalue weighted by Crippen LogP contribution is -1.81. The topological polar surface area (TPSA) is 51.6 Å². The summed E-state index contributed by atoms with van der Waals surface area (Å²) in [5.41, 5.74) is 1.84. The van der Waals surface area contributed by atoms with E-state index >= 15 is 0 Å². The zero-order chi connectivity index (χ0) is 13.4. The van der Waals surface area contributed by atoms with Crippen LogP contribution in [0.15, 0.2) is 48.2 Å². The molecule has 0 aliphatic carbocycles. The van der Waals surface area contributed by atoms with Crippen LogP contribution in [0.3, 0.4) is 0 Å². The molecule has 96 valence electrons. The van der Waals surface area contributed by atoms with Gasteiger partial charge in [-0.2, -0.15) is 0 Å². The molecule has 0 saturated heterocycles. The van der Waals surface area contributed by atoms with Gasteiger partial charge in [-0.15, -0.1) is 21.5 Å². The minimum atomic E-state index is 0.831. The van der Waals surface area contributed by atoms with Crippen LogP contribution in [0.2, 0.25) is 0 Å². The van der Waals surface area contributed by atoms with Crippen LogP contribution in [-0.2, 0) is 0 Å². The van der Waals surface area contributed by atoms with Crippen molar-refractivity contribution in [1.82, 2.24) is 20.2 Å². The van der Waals surface area contributed by atoms with Crippen LogP contribution >= 0.6 is 22.7 Å². The van der Waals surface area contributed by atoms with Gasteiger partial charge in [0.15, 0.2) is 5.01 Å². The van der Waals surface area contributed by atoms with Crippen molar-refractivity contribution >= 4 is 32.8 Å². The molecule has 0 aliphatic heterocycles. The molecular formula is C14H8N4S2. The van der Waals surface area contributed by atoms with Crippen LogP contribution in [0.4, 0.5) is 0 Å². The summed E-state index contributed by atoms with van der Waals surface area (Å²) >= 11 is 3.22. The number of rotatable bonds is 2. The van der Waals surface area contributed by atoms with Gasteiger partial charge >= 0.3 is 0 Å². The van der Waals surface area contributed by atoms with Crippen molar-refractivity contribution in [2.24, 2.45) is 0 Å². The first kappa shape index (κ1) is 11.6. The predicted octanol–water partition coefficient (Wildman–Crippen LogP) is 3.88. The molecule has 0 spiro atoms. The van der Waals surface area contributed by atoms with Crippen LogP contribution in [0, 0.1) is 0 Å². The lowest BCUT2D eigenvalue weighted by atomic mass is 10.3. The van der Waals surface area contributed by atoms with Gasteiger partial charge in [0.25, 0.3) is 0 Å². The summed E-state index contributed by atoms with van der Waals surface area (Å²) in [5, 5.41) is 13.4. The fourth-order valence-corrected chi connectivity index (χ4v) is 3.46. The van der Waals surface area contributed by atoms with Gasteiger partial charge in [-0.25, -0.2) is 0 Å². The van der Waals surface area contributed by atoms with Crippen molar-refractivity contribution in [2.45, 2.75) is 0 Å². The predicted molar refractivity (Wildman–Crippen MR) is 81.8 cm³/mol. The second kappa shape index (κ2) is 4.73. The molecule has 0 amide bonds. The van der Waals surface area contributed by atoms with Crippen LogP contribution in [0.25, 0.3) is 31.4 Å². The Morgan fingerprint density at radius 3 is 2.85 bits per heavy atom. The van der Waals surface area contributed by atoms with E-state index in [-0.39, 0.29) is 0 Å². The molecule has 4 aromatic heterocycles. The quantitative estimate of drug-likeness (QED) is 0.563. The number of fused-ring (bicyclic) bond motifs is 1. The zero-order valence-corrected chi connectivity index (χ0v) is 11.9. The summed E-state index contributed by atoms with van der Waals surface area (Å²) in [7, 11) is 0. The van der Waals surface area contributed by atoms with Gasteiger partial charge in [0.1, 0.15) is 10.7 Å². The van der Waals surface area contributed by atoms with Gasteiger partial charge in [0.05, 0.1) is 4.70 Å². The van der Waals surface area contributed by atoms with E-state index in [4.69, 9.17) is 0 Å². The largest absolute Gasteiger partial charge is 0.264 e. The summed E-state index contributed by atoms with van der Waals surface area (Å²) in [4.78, 5) is 8.56. The van der Waals surface area contributed by atoms with E-state index in [1.165, 1.54) is 21.4 Å². The van der Waals surface area contributed by atoms with Gasteiger partial charge < -0.3 is 0 Å². The lowest BCUT2D eigenvalue weighted by Gasteiger charge is -1.94. The Hall–Kier alpha value is -2.18. The molecule has 4 nitrogen and oxygen atoms in total. The molecule has 6 heteroatoms. The maximum absolute atomic E-state index is 4.46. The number of hydrogen-bond donors (Lipinski definition) is 0. The molecule has 0 aliphatic rings. The van der Waals surface area contributed by atoms with E-state index < -0.39 is 0 Å². The zero-order valence-electron chi connectivity index (χ0n) is 10.2. The monoisotopic (exact) mass is 296 g/mol. The molecule has 0 saturated carbocycles. The second-order valence-electron chi connectivity index (χ2n) is 4.18. The Morgan fingerprint density at radius 1 is 1.00 bits per heavy atom. The maximum Gasteiger partial charge on any atom is 0.166 e. The van der Waals surface area contributed by atoms with Crippen LogP contribution in [-0.4, -0.2) is 20.2 Å². The highest BCUT2D eigenvalue weighted by Crippen LogP contribution is 2.30. The van der Waals surface area contributed by atoms with E-state index in [0.717, 1.165) is 21.3 Å². The standard InChI is InChI=1S/C14H8N4S2/c1-2-10(7-15-4-1)13-17-18-14(20-13)11-6-9-3-5-19-12(9)8-16-11/h1-8H. The van der Waals surface area contributed by atoms with E-state index in [1.807, 2.05) is 18.3 Å². The molecule has 0 unspecified atom stereocenters. The smallest absolute Gasteiger partial charge is 0.166 e. The third-order valence-corrected chi connectivity index (χ3v) is 4.75. The van der Waals surface area contributed by atoms with Crippen molar-refractivity contribution in [2.75, 3.05) is 0 Å². The Bertz CT molecular complexity index is 867. The van der Waals surface area contributed by atoms with Crippen molar-refractivity contribution in [1.29, 1.82) is 0 Å². The molecule has 0 radical (unpaired) electrons. The molecule has 0 atom stereocenters. The normalized spacial score (nSPS) is 11.0. The molecule has 20 heavy (non-hydrogen) atoms. The van der Waals surface area contributed by atoms with Gasteiger partial charge in [-0.3, -0.25) is 9.97 Å². The number of nitrogens with zero attached hydrogens (tertiary/aromatic N) is 4. The van der Waals surface area contributed by atoms with Crippen LogP contribution < -0.4 is 0 Å². The Labute approximate surface area is 122 Å². The summed E-state index contributed by atoms with van der Waals surface area (Å²) in [6, 6.07) is 8.02. The fraction of sp³-hybridized carbons (Fsp3) is 0. The first-order valence-corrected chi connectivity index (χ1v) is 7.67. The van der Waals surface area contributed by atoms with Crippen LogP contribution in [0.5, 0.6) is 0 Å². The lowest BCUT2D eigenvalue weighted by molar-refractivity contribution is 1.09. The van der Waals surface area contributed by atoms with Gasteiger partial charge in [-0.1, -0.05) is 11.3 Å². The Balaban J connectivity index is 1.77. The molecule has 4 heterocycles. The minimum absolute atomic E-state index is 0.831. The number of pyridine rings is 2. The van der Waals surface area contributed by atoms with Crippen molar-refractivity contribution in [3.8, 4) is 21.3 Å². The van der Waals surface area contributed by atoms with E-state index in [2.05, 4.69) is 37.7 Å². The van der Waals surface area contributed by atoms with Gasteiger partial charge in [0, 0.05) is 24.2 Å². The Morgan fingerprint density at radius 2 is 1.95 bits per heavy atom. The Kier molecular flexibility index (Phi) is 2.75. The second-order valence-corrected chi connectivity index (χ2v) is 6.11. The van der Waals surface area contributed by atoms with E-state index in [1.54, 1.807) is 23.7 Å². The first-order valence-electron chi connectivity index (χ1n) is 5.98. The molecule has 0 aromatic carbocycles. The molecule has 0 N–H and O–H groups in total. The minimum Gasteiger partial charge on any atom is -0.264 e. The third-order valence-electron chi connectivity index (χ3n) is 2.89. The highest BCUT2D eigenvalue weighted by molar-refractivity contribution is 7.18. The van der Waals surface area contributed by atoms with Crippen LogP contribution in [0.1, 0.15) is 0 Å². The molecule has 4 rings (SSSR count). The van der Waals surface area contributed by atoms with Gasteiger partial charge in [-0.05, 0) is 35.0 Å². The van der Waals surface area contributed by atoms with E-state index in [0.29, 0.717) is 0 Å². The van der Waals surface area contributed by atoms with Crippen molar-refractivity contribution in [3.05, 3.63) is 48.2 Å². The van der Waals surface area contributed by atoms with Crippen molar-refractivity contribution < 1.29 is 0 Å². The summed E-state index contributed by atoms with van der Waals surface area (Å²) < 4.78 is 1.19. The molecule has 4 aromatic rings. The highest BCUT2D eigenvalue weighted by Gasteiger charge is 2.10. The average molecular weight is 296 g/mol. The number of hydrogen-bond acceptors (Lipinski definition) is 6. The average Bonchev–Trinajstić information content (AvgIpc) is 3.16. The number of thiophene rings is 1. The van der Waals surface area contributed by atoms with Gasteiger partial charge in [0.2, 0.25) is 0 Å².